The highest BCUT2D eigenvalue weighted by Gasteiger charge is 2.33. The number of benzene rings is 1. The van der Waals surface area contributed by atoms with Gasteiger partial charge in [0.25, 0.3) is 5.91 Å². The van der Waals surface area contributed by atoms with Crippen molar-refractivity contribution in [2.75, 3.05) is 19.6 Å². The van der Waals surface area contributed by atoms with Crippen molar-refractivity contribution in [2.45, 2.75) is 36.7 Å². The summed E-state index contributed by atoms with van der Waals surface area (Å²) in [6.45, 7) is 1.32. The van der Waals surface area contributed by atoms with Crippen LogP contribution in [0.5, 0.6) is 0 Å². The molecule has 0 aliphatic carbocycles. The van der Waals surface area contributed by atoms with Crippen molar-refractivity contribution in [2.24, 2.45) is 0 Å². The molecule has 0 radical (unpaired) electrons. The number of hydrogen-bond acceptors (Lipinski definition) is 5. The molecule has 1 aliphatic rings. The Labute approximate surface area is 146 Å². The number of amides is 1. The zero-order valence-corrected chi connectivity index (χ0v) is 14.8. The average Bonchev–Trinajstić information content (AvgIpc) is 2.60. The number of carbonyl (C=O) groups excluding carboxylic acids is 1. The van der Waals surface area contributed by atoms with Gasteiger partial charge in [0.1, 0.15) is 0 Å². The molecular weight excluding hydrogens is 348 g/mol. The zero-order chi connectivity index (χ0) is 18.7. The predicted molar refractivity (Wildman–Crippen MR) is 89.6 cm³/mol. The molecule has 0 aromatic heterocycles. The Kier molecular flexibility index (Phi) is 5.81. The Balaban J connectivity index is 2.25. The Morgan fingerprint density at radius 3 is 2.40 bits per heavy atom. The first-order valence-electron chi connectivity index (χ1n) is 7.99. The summed E-state index contributed by atoms with van der Waals surface area (Å²) >= 11 is 0. The second-order valence-corrected chi connectivity index (χ2v) is 8.13. The molecule has 3 N–H and O–H groups in total. The van der Waals surface area contributed by atoms with Crippen LogP contribution in [0.1, 0.15) is 36.5 Å². The van der Waals surface area contributed by atoms with Gasteiger partial charge < -0.3 is 15.5 Å². The van der Waals surface area contributed by atoms with Gasteiger partial charge in [-0.05, 0) is 31.9 Å². The second-order valence-electron chi connectivity index (χ2n) is 6.22. The molecule has 1 amide bonds. The number of carbonyl (C=O) groups is 2. The first-order valence-corrected chi connectivity index (χ1v) is 9.43. The molecule has 2 rings (SSSR count). The molecule has 0 bridgehead atoms. The van der Waals surface area contributed by atoms with E-state index in [0.717, 1.165) is 26.2 Å². The zero-order valence-electron chi connectivity index (χ0n) is 13.9. The van der Waals surface area contributed by atoms with Crippen molar-refractivity contribution in [3.05, 3.63) is 29.8 Å². The van der Waals surface area contributed by atoms with E-state index in [2.05, 4.69) is 5.32 Å². The normalized spacial score (nSPS) is 18.3. The summed E-state index contributed by atoms with van der Waals surface area (Å²) in [4.78, 5) is 23.1. The molecule has 1 saturated heterocycles. The SMILES string of the molecule is CC(O)(CNC(=O)c1ccccc1S(=O)(=O)N1CCCCC1)C(=O)O. The summed E-state index contributed by atoms with van der Waals surface area (Å²) in [6.07, 6.45) is 2.52. The van der Waals surface area contributed by atoms with E-state index in [1.54, 1.807) is 0 Å². The van der Waals surface area contributed by atoms with Crippen molar-refractivity contribution < 1.29 is 28.2 Å². The number of aliphatic carboxylic acids is 1. The highest BCUT2D eigenvalue weighted by atomic mass is 32.2. The third kappa shape index (κ3) is 4.36. The van der Waals surface area contributed by atoms with Gasteiger partial charge in [-0.3, -0.25) is 4.79 Å². The second kappa shape index (κ2) is 7.51. The van der Waals surface area contributed by atoms with Crippen LogP contribution in [0.15, 0.2) is 29.2 Å². The lowest BCUT2D eigenvalue weighted by atomic mass is 10.1. The van der Waals surface area contributed by atoms with Crippen LogP contribution >= 0.6 is 0 Å². The fourth-order valence-electron chi connectivity index (χ4n) is 2.55. The molecule has 1 aliphatic heterocycles. The molecule has 1 heterocycles. The van der Waals surface area contributed by atoms with Gasteiger partial charge in [-0.15, -0.1) is 0 Å². The molecular formula is C16H22N2O6S. The number of rotatable bonds is 6. The van der Waals surface area contributed by atoms with Crippen molar-refractivity contribution in [3.63, 3.8) is 0 Å². The Bertz CT molecular complexity index is 754. The number of sulfonamides is 1. The maximum atomic E-state index is 12.8. The first-order chi connectivity index (χ1) is 11.7. The standard InChI is InChI=1S/C16H22N2O6S/c1-16(22,15(20)21)11-17-14(19)12-7-3-4-8-13(12)25(23,24)18-9-5-2-6-10-18/h3-4,7-8,22H,2,5-6,9-11H2,1H3,(H,17,19)(H,20,21). The van der Waals surface area contributed by atoms with Crippen LogP contribution in [0.3, 0.4) is 0 Å². The number of nitrogens with zero attached hydrogens (tertiary/aromatic N) is 1. The van der Waals surface area contributed by atoms with Gasteiger partial charge in [-0.25, -0.2) is 13.2 Å². The topological polar surface area (TPSA) is 124 Å². The van der Waals surface area contributed by atoms with E-state index in [4.69, 9.17) is 5.11 Å². The Morgan fingerprint density at radius 2 is 1.80 bits per heavy atom. The molecule has 1 aromatic rings. The lowest BCUT2D eigenvalue weighted by Crippen LogP contribution is -2.46. The summed E-state index contributed by atoms with van der Waals surface area (Å²) in [5.41, 5.74) is -2.22. The van der Waals surface area contributed by atoms with E-state index in [1.807, 2.05) is 0 Å². The number of piperidine rings is 1. The van der Waals surface area contributed by atoms with E-state index in [1.165, 1.54) is 28.6 Å². The van der Waals surface area contributed by atoms with Gasteiger partial charge in [0.2, 0.25) is 10.0 Å². The number of carboxylic acids is 1. The Hall–Kier alpha value is -1.97. The van der Waals surface area contributed by atoms with E-state index < -0.39 is 34.0 Å². The molecule has 0 spiro atoms. The van der Waals surface area contributed by atoms with Crippen LogP contribution in [0, 0.1) is 0 Å². The lowest BCUT2D eigenvalue weighted by Gasteiger charge is -2.26. The van der Waals surface area contributed by atoms with Gasteiger partial charge in [0.05, 0.1) is 17.0 Å². The molecule has 1 unspecified atom stereocenters. The minimum absolute atomic E-state index is 0.0748. The van der Waals surface area contributed by atoms with E-state index in [9.17, 15) is 23.1 Å². The summed E-state index contributed by atoms with van der Waals surface area (Å²) in [5.74, 6) is -2.24. The predicted octanol–water partition coefficient (Wildman–Crippen LogP) is 0.427. The van der Waals surface area contributed by atoms with E-state index >= 15 is 0 Å². The number of carboxylic acid groups (broad SMARTS) is 1. The van der Waals surface area contributed by atoms with Gasteiger partial charge >= 0.3 is 5.97 Å². The molecule has 1 atom stereocenters. The van der Waals surface area contributed by atoms with Gasteiger partial charge in [0, 0.05) is 13.1 Å². The van der Waals surface area contributed by atoms with E-state index in [0.29, 0.717) is 13.1 Å². The van der Waals surface area contributed by atoms with E-state index in [-0.39, 0.29) is 10.5 Å². The van der Waals surface area contributed by atoms with Crippen LogP contribution in [0.4, 0.5) is 0 Å². The van der Waals surface area contributed by atoms with Crippen molar-refractivity contribution in [3.8, 4) is 0 Å². The fourth-order valence-corrected chi connectivity index (χ4v) is 4.25. The largest absolute Gasteiger partial charge is 0.479 e. The summed E-state index contributed by atoms with van der Waals surface area (Å²) in [5, 5.41) is 20.8. The lowest BCUT2D eigenvalue weighted by molar-refractivity contribution is -0.155. The maximum Gasteiger partial charge on any atom is 0.337 e. The average molecular weight is 370 g/mol. The van der Waals surface area contributed by atoms with Crippen LogP contribution in [0.25, 0.3) is 0 Å². The third-order valence-electron chi connectivity index (χ3n) is 4.12. The molecule has 8 nitrogen and oxygen atoms in total. The molecule has 25 heavy (non-hydrogen) atoms. The Morgan fingerprint density at radius 1 is 1.20 bits per heavy atom. The molecule has 1 aromatic carbocycles. The molecule has 9 heteroatoms. The van der Waals surface area contributed by atoms with Crippen LogP contribution in [-0.4, -0.2) is 60.0 Å². The van der Waals surface area contributed by atoms with Crippen LogP contribution in [-0.2, 0) is 14.8 Å². The van der Waals surface area contributed by atoms with Gasteiger partial charge in [0.15, 0.2) is 5.60 Å². The van der Waals surface area contributed by atoms with Gasteiger partial charge in [-0.2, -0.15) is 4.31 Å². The summed E-state index contributed by atoms with van der Waals surface area (Å²) in [7, 11) is -3.81. The fraction of sp³-hybridized carbons (Fsp3) is 0.500. The molecule has 138 valence electrons. The minimum Gasteiger partial charge on any atom is -0.479 e. The van der Waals surface area contributed by atoms with Crippen LogP contribution in [0.2, 0.25) is 0 Å². The number of aliphatic hydroxyl groups is 1. The molecule has 0 saturated carbocycles. The highest BCUT2D eigenvalue weighted by molar-refractivity contribution is 7.89. The highest BCUT2D eigenvalue weighted by Crippen LogP contribution is 2.23. The number of hydrogen-bond donors (Lipinski definition) is 3. The third-order valence-corrected chi connectivity index (χ3v) is 6.08. The maximum absolute atomic E-state index is 12.8. The monoisotopic (exact) mass is 370 g/mol. The molecule has 1 fully saturated rings. The van der Waals surface area contributed by atoms with Gasteiger partial charge in [-0.1, -0.05) is 18.6 Å². The summed E-state index contributed by atoms with van der Waals surface area (Å²) in [6, 6.07) is 5.77. The quantitative estimate of drug-likeness (QED) is 0.667. The minimum atomic E-state index is -3.81. The van der Waals surface area contributed by atoms with Crippen molar-refractivity contribution >= 4 is 21.9 Å². The smallest absolute Gasteiger partial charge is 0.337 e. The van der Waals surface area contributed by atoms with Crippen molar-refractivity contribution in [1.82, 2.24) is 9.62 Å². The first kappa shape index (κ1) is 19.4. The van der Waals surface area contributed by atoms with Crippen LogP contribution < -0.4 is 5.32 Å². The summed E-state index contributed by atoms with van der Waals surface area (Å²) < 4.78 is 27.0. The number of nitrogens with one attached hydrogen (secondary N) is 1. The van der Waals surface area contributed by atoms with Crippen molar-refractivity contribution in [1.29, 1.82) is 0 Å².